The highest BCUT2D eigenvalue weighted by molar-refractivity contribution is 5.95. The smallest absolute Gasteiger partial charge is 0.267 e. The Morgan fingerprint density at radius 2 is 1.89 bits per heavy atom. The molecule has 0 aliphatic heterocycles. The summed E-state index contributed by atoms with van der Waals surface area (Å²) >= 11 is 0. The molecular weight excluding hydrogens is 442 g/mol. The maximum absolute atomic E-state index is 13.5. The molecule has 8 heteroatoms. The Morgan fingerprint density at radius 3 is 2.57 bits per heavy atom. The first-order valence-corrected chi connectivity index (χ1v) is 11.5. The fraction of sp³-hybridized carbons (Fsp3) is 0.259. The zero-order chi connectivity index (χ0) is 24.8. The van der Waals surface area contributed by atoms with Crippen molar-refractivity contribution in [3.8, 4) is 11.4 Å². The number of amides is 2. The third-order valence-electron chi connectivity index (χ3n) is 6.02. The molecular formula is C27H29N5O3. The Balaban J connectivity index is 1.49. The van der Waals surface area contributed by atoms with Gasteiger partial charge in [0.2, 0.25) is 11.7 Å². The predicted octanol–water partition coefficient (Wildman–Crippen LogP) is 3.89. The second-order valence-electron chi connectivity index (χ2n) is 8.53. The number of hydrogen-bond acceptors (Lipinski definition) is 5. The van der Waals surface area contributed by atoms with Crippen molar-refractivity contribution in [3.63, 3.8) is 0 Å². The van der Waals surface area contributed by atoms with E-state index in [4.69, 9.17) is 4.52 Å². The molecule has 0 saturated heterocycles. The number of rotatable bonds is 9. The molecule has 4 aromatic rings. The van der Waals surface area contributed by atoms with Crippen LogP contribution in [-0.2, 0) is 13.5 Å². The molecule has 2 aromatic carbocycles. The SMILES string of the molecule is Cc1nc(-c2cccc(C(=O)N(C)[C@H](CCNC(=O)c3cccn3C)Cc3ccccc3)c2)no1. The second kappa shape index (κ2) is 10.8. The molecule has 8 nitrogen and oxygen atoms in total. The van der Waals surface area contributed by atoms with Crippen molar-refractivity contribution in [2.75, 3.05) is 13.6 Å². The first-order chi connectivity index (χ1) is 16.9. The number of likely N-dealkylation sites (N-methyl/N-ethyl adjacent to an activating group) is 1. The van der Waals surface area contributed by atoms with E-state index in [9.17, 15) is 9.59 Å². The van der Waals surface area contributed by atoms with Gasteiger partial charge in [-0.1, -0.05) is 47.6 Å². The number of nitrogens with zero attached hydrogens (tertiary/aromatic N) is 4. The van der Waals surface area contributed by atoms with Crippen LogP contribution < -0.4 is 5.32 Å². The van der Waals surface area contributed by atoms with Crippen LogP contribution in [0.15, 0.2) is 77.4 Å². The quantitative estimate of drug-likeness (QED) is 0.400. The number of carbonyl (C=O) groups is 2. The van der Waals surface area contributed by atoms with Crippen molar-refractivity contribution < 1.29 is 14.1 Å². The van der Waals surface area contributed by atoms with E-state index < -0.39 is 0 Å². The van der Waals surface area contributed by atoms with Gasteiger partial charge in [-0.25, -0.2) is 0 Å². The van der Waals surface area contributed by atoms with E-state index in [1.54, 1.807) is 41.6 Å². The van der Waals surface area contributed by atoms with Crippen LogP contribution >= 0.6 is 0 Å². The average Bonchev–Trinajstić information content (AvgIpc) is 3.51. The number of hydrogen-bond donors (Lipinski definition) is 1. The summed E-state index contributed by atoms with van der Waals surface area (Å²) in [5.41, 5.74) is 2.98. The molecule has 35 heavy (non-hydrogen) atoms. The van der Waals surface area contributed by atoms with Crippen LogP contribution in [-0.4, -0.2) is 51.1 Å². The van der Waals surface area contributed by atoms with Crippen molar-refractivity contribution in [2.24, 2.45) is 7.05 Å². The molecule has 0 aliphatic carbocycles. The molecule has 2 heterocycles. The van der Waals surface area contributed by atoms with Crippen LogP contribution in [0.25, 0.3) is 11.4 Å². The monoisotopic (exact) mass is 471 g/mol. The molecule has 0 bridgehead atoms. The van der Waals surface area contributed by atoms with Gasteiger partial charge in [-0.2, -0.15) is 4.98 Å². The van der Waals surface area contributed by atoms with Gasteiger partial charge in [0.05, 0.1) is 0 Å². The molecule has 2 amide bonds. The van der Waals surface area contributed by atoms with E-state index in [0.717, 1.165) is 11.1 Å². The average molecular weight is 472 g/mol. The molecule has 0 fully saturated rings. The summed E-state index contributed by atoms with van der Waals surface area (Å²) in [5.74, 6) is 0.674. The minimum Gasteiger partial charge on any atom is -0.351 e. The molecule has 0 unspecified atom stereocenters. The van der Waals surface area contributed by atoms with Gasteiger partial charge in [-0.15, -0.1) is 0 Å². The summed E-state index contributed by atoms with van der Waals surface area (Å²) in [7, 11) is 3.64. The Labute approximate surface area is 204 Å². The Bertz CT molecular complexity index is 1290. The van der Waals surface area contributed by atoms with Gasteiger partial charge in [0, 0.05) is 50.9 Å². The van der Waals surface area contributed by atoms with Crippen molar-refractivity contribution in [3.05, 3.63) is 95.6 Å². The van der Waals surface area contributed by atoms with Crippen LogP contribution in [0, 0.1) is 6.92 Å². The van der Waals surface area contributed by atoms with Gasteiger partial charge < -0.3 is 19.3 Å². The lowest BCUT2D eigenvalue weighted by molar-refractivity contribution is 0.0723. The third kappa shape index (κ3) is 5.84. The standard InChI is InChI=1S/C27H29N5O3/c1-19-29-25(30-35-19)21-11-7-12-22(18-21)27(34)32(3)23(17-20-9-5-4-6-10-20)14-15-28-26(33)24-13-8-16-31(24)2/h4-13,16,18,23H,14-15,17H2,1-3H3,(H,28,33)/t23-/m1/s1. The molecule has 1 N–H and O–H groups in total. The lowest BCUT2D eigenvalue weighted by atomic mass is 10.0. The van der Waals surface area contributed by atoms with Crippen LogP contribution in [0.3, 0.4) is 0 Å². The molecule has 0 aliphatic rings. The maximum Gasteiger partial charge on any atom is 0.267 e. The minimum atomic E-state index is -0.131. The zero-order valence-electron chi connectivity index (χ0n) is 20.1. The van der Waals surface area contributed by atoms with E-state index in [1.165, 1.54) is 0 Å². The maximum atomic E-state index is 13.5. The van der Waals surface area contributed by atoms with Crippen LogP contribution in [0.4, 0.5) is 0 Å². The highest BCUT2D eigenvalue weighted by Crippen LogP contribution is 2.20. The topological polar surface area (TPSA) is 93.3 Å². The van der Waals surface area contributed by atoms with Crippen LogP contribution in [0.1, 0.15) is 38.7 Å². The molecule has 2 aromatic heterocycles. The van der Waals surface area contributed by atoms with Gasteiger partial charge in [-0.3, -0.25) is 9.59 Å². The number of nitrogens with one attached hydrogen (secondary N) is 1. The lowest BCUT2D eigenvalue weighted by Gasteiger charge is -2.29. The first-order valence-electron chi connectivity index (χ1n) is 11.5. The van der Waals surface area contributed by atoms with Crippen molar-refractivity contribution in [1.82, 2.24) is 24.9 Å². The highest BCUT2D eigenvalue weighted by atomic mass is 16.5. The van der Waals surface area contributed by atoms with Crippen LogP contribution in [0.5, 0.6) is 0 Å². The summed E-state index contributed by atoms with van der Waals surface area (Å²) in [6, 6.07) is 20.8. The largest absolute Gasteiger partial charge is 0.351 e. The van der Waals surface area contributed by atoms with E-state index in [1.807, 2.05) is 61.8 Å². The Kier molecular flexibility index (Phi) is 7.40. The van der Waals surface area contributed by atoms with E-state index in [2.05, 4.69) is 15.5 Å². The van der Waals surface area contributed by atoms with Crippen molar-refractivity contribution in [1.29, 1.82) is 0 Å². The van der Waals surface area contributed by atoms with Gasteiger partial charge >= 0.3 is 0 Å². The highest BCUT2D eigenvalue weighted by Gasteiger charge is 2.23. The van der Waals surface area contributed by atoms with Crippen LogP contribution in [0.2, 0.25) is 0 Å². The number of carbonyl (C=O) groups excluding carboxylic acids is 2. The predicted molar refractivity (Wildman–Crippen MR) is 133 cm³/mol. The van der Waals surface area contributed by atoms with Gasteiger partial charge in [0.1, 0.15) is 5.69 Å². The Hall–Kier alpha value is -4.20. The fourth-order valence-electron chi connectivity index (χ4n) is 4.04. The van der Waals surface area contributed by atoms with E-state index in [-0.39, 0.29) is 17.9 Å². The summed E-state index contributed by atoms with van der Waals surface area (Å²) in [4.78, 5) is 32.0. The van der Waals surface area contributed by atoms with E-state index in [0.29, 0.717) is 42.4 Å². The summed E-state index contributed by atoms with van der Waals surface area (Å²) in [6.07, 6.45) is 3.12. The van der Waals surface area contributed by atoms with Gasteiger partial charge in [-0.05, 0) is 42.7 Å². The molecule has 180 valence electrons. The fourth-order valence-corrected chi connectivity index (χ4v) is 4.04. The van der Waals surface area contributed by atoms with Crippen molar-refractivity contribution >= 4 is 11.8 Å². The van der Waals surface area contributed by atoms with Gasteiger partial charge in [0.15, 0.2) is 0 Å². The zero-order valence-corrected chi connectivity index (χ0v) is 20.1. The molecule has 0 radical (unpaired) electrons. The molecule has 1 atom stereocenters. The molecule has 0 saturated carbocycles. The van der Waals surface area contributed by atoms with Crippen molar-refractivity contribution in [2.45, 2.75) is 25.8 Å². The lowest BCUT2D eigenvalue weighted by Crippen LogP contribution is -2.41. The summed E-state index contributed by atoms with van der Waals surface area (Å²) < 4.78 is 6.86. The normalized spacial score (nSPS) is 11.7. The second-order valence-corrected chi connectivity index (χ2v) is 8.53. The first kappa shape index (κ1) is 23.9. The molecule has 4 rings (SSSR count). The summed E-state index contributed by atoms with van der Waals surface area (Å²) in [5, 5.41) is 6.94. The number of aromatic nitrogens is 3. The molecule has 0 spiro atoms. The number of aryl methyl sites for hydroxylation is 2. The third-order valence-corrected chi connectivity index (χ3v) is 6.02. The minimum absolute atomic E-state index is 0.109. The van der Waals surface area contributed by atoms with E-state index >= 15 is 0 Å². The van der Waals surface area contributed by atoms with Gasteiger partial charge in [0.25, 0.3) is 11.8 Å². The summed E-state index contributed by atoms with van der Waals surface area (Å²) in [6.45, 7) is 2.17. The number of benzene rings is 2. The Morgan fingerprint density at radius 1 is 1.09 bits per heavy atom.